The molecule has 0 N–H and O–H groups in total. The van der Waals surface area contributed by atoms with Gasteiger partial charge in [-0.2, -0.15) is 0 Å². The molecule has 0 aliphatic rings. The summed E-state index contributed by atoms with van der Waals surface area (Å²) in [6, 6.07) is 2.47. The van der Waals surface area contributed by atoms with Crippen molar-refractivity contribution < 1.29 is 8.78 Å². The second-order valence-corrected chi connectivity index (χ2v) is 3.28. The maximum absolute atomic E-state index is 13.3. The van der Waals surface area contributed by atoms with Crippen molar-refractivity contribution in [1.82, 2.24) is 0 Å². The highest BCUT2D eigenvalue weighted by Crippen LogP contribution is 2.21. The third kappa shape index (κ3) is 1.63. The Hall–Kier alpha value is -0.920. The Morgan fingerprint density at radius 1 is 1.17 bits per heavy atom. The average Bonchev–Trinajstić information content (AvgIpc) is 1.96. The summed E-state index contributed by atoms with van der Waals surface area (Å²) < 4.78 is 26.1. The van der Waals surface area contributed by atoms with Gasteiger partial charge in [0, 0.05) is 0 Å². The molecule has 0 amide bonds. The van der Waals surface area contributed by atoms with Crippen molar-refractivity contribution in [2.75, 3.05) is 0 Å². The monoisotopic (exact) mass is 170 g/mol. The maximum atomic E-state index is 13.3. The molecule has 0 heterocycles. The zero-order valence-electron chi connectivity index (χ0n) is 7.49. The van der Waals surface area contributed by atoms with Gasteiger partial charge in [0.05, 0.1) is 0 Å². The quantitative estimate of drug-likeness (QED) is 0.606. The van der Waals surface area contributed by atoms with Crippen molar-refractivity contribution in [1.29, 1.82) is 0 Å². The predicted octanol–water partition coefficient (Wildman–Crippen LogP) is 3.40. The zero-order chi connectivity index (χ0) is 9.30. The van der Waals surface area contributed by atoms with Gasteiger partial charge in [-0.25, -0.2) is 8.78 Å². The van der Waals surface area contributed by atoms with E-state index in [1.54, 1.807) is 6.92 Å². The van der Waals surface area contributed by atoms with Crippen LogP contribution < -0.4 is 0 Å². The molecule has 1 aromatic rings. The van der Waals surface area contributed by atoms with Gasteiger partial charge in [0.15, 0.2) is 0 Å². The summed E-state index contributed by atoms with van der Waals surface area (Å²) in [5, 5.41) is 0. The molecule has 12 heavy (non-hydrogen) atoms. The summed E-state index contributed by atoms with van der Waals surface area (Å²) in [7, 11) is 0. The largest absolute Gasteiger partial charge is 0.207 e. The van der Waals surface area contributed by atoms with E-state index >= 15 is 0 Å². The Balaban J connectivity index is 3.28. The fourth-order valence-electron chi connectivity index (χ4n) is 1.17. The third-order valence-electron chi connectivity index (χ3n) is 1.87. The first-order valence-electron chi connectivity index (χ1n) is 3.98. The van der Waals surface area contributed by atoms with Crippen LogP contribution in [0.4, 0.5) is 8.78 Å². The van der Waals surface area contributed by atoms with E-state index in [1.165, 1.54) is 12.1 Å². The third-order valence-corrected chi connectivity index (χ3v) is 1.87. The molecule has 0 saturated carbocycles. The molecule has 0 aliphatic carbocycles. The topological polar surface area (TPSA) is 0 Å². The molecule has 0 aliphatic heterocycles. The first kappa shape index (κ1) is 9.17. The highest BCUT2D eigenvalue weighted by Gasteiger charge is 2.10. The maximum Gasteiger partial charge on any atom is 0.129 e. The van der Waals surface area contributed by atoms with Crippen molar-refractivity contribution in [3.05, 3.63) is 34.9 Å². The summed E-state index contributed by atoms with van der Waals surface area (Å²) in [5.41, 5.74) is 0.825. The molecule has 0 bridgehead atoms. The fraction of sp³-hybridized carbons (Fsp3) is 0.400. The Morgan fingerprint density at radius 2 is 1.75 bits per heavy atom. The van der Waals surface area contributed by atoms with Crippen LogP contribution in [0, 0.1) is 18.6 Å². The van der Waals surface area contributed by atoms with E-state index in [-0.39, 0.29) is 17.6 Å². The minimum Gasteiger partial charge on any atom is -0.207 e. The zero-order valence-corrected chi connectivity index (χ0v) is 7.49. The van der Waals surface area contributed by atoms with Crippen LogP contribution in [0.15, 0.2) is 12.1 Å². The average molecular weight is 170 g/mol. The summed E-state index contributed by atoms with van der Waals surface area (Å²) in [6.07, 6.45) is 0. The van der Waals surface area contributed by atoms with E-state index in [2.05, 4.69) is 0 Å². The van der Waals surface area contributed by atoms with Crippen LogP contribution in [0.25, 0.3) is 0 Å². The highest BCUT2D eigenvalue weighted by atomic mass is 19.1. The van der Waals surface area contributed by atoms with Gasteiger partial charge in [-0.1, -0.05) is 13.8 Å². The van der Waals surface area contributed by atoms with Crippen LogP contribution in [0.1, 0.15) is 30.9 Å². The van der Waals surface area contributed by atoms with Gasteiger partial charge in [-0.3, -0.25) is 0 Å². The van der Waals surface area contributed by atoms with E-state index in [1.807, 2.05) is 13.8 Å². The van der Waals surface area contributed by atoms with E-state index in [9.17, 15) is 8.78 Å². The molecule has 0 saturated heterocycles. The SMILES string of the molecule is Cc1cc(F)cc(C(C)C)c1F. The minimum atomic E-state index is -0.363. The highest BCUT2D eigenvalue weighted by molar-refractivity contribution is 5.28. The molecule has 0 fully saturated rings. The molecule has 0 unspecified atom stereocenters. The molecular weight excluding hydrogens is 158 g/mol. The van der Waals surface area contributed by atoms with Crippen molar-refractivity contribution in [2.24, 2.45) is 0 Å². The van der Waals surface area contributed by atoms with E-state index in [0.717, 1.165) is 0 Å². The molecule has 1 rings (SSSR count). The number of hydrogen-bond donors (Lipinski definition) is 0. The number of aryl methyl sites for hydroxylation is 1. The van der Waals surface area contributed by atoms with Crippen LogP contribution in [0.3, 0.4) is 0 Å². The van der Waals surface area contributed by atoms with Gasteiger partial charge < -0.3 is 0 Å². The first-order chi connectivity index (χ1) is 5.52. The van der Waals surface area contributed by atoms with Crippen LogP contribution in [-0.2, 0) is 0 Å². The van der Waals surface area contributed by atoms with Crippen LogP contribution in [0.2, 0.25) is 0 Å². The van der Waals surface area contributed by atoms with Gasteiger partial charge >= 0.3 is 0 Å². The van der Waals surface area contributed by atoms with Gasteiger partial charge in [-0.05, 0) is 36.1 Å². The molecule has 0 radical (unpaired) electrons. The summed E-state index contributed by atoms with van der Waals surface area (Å²) in [6.45, 7) is 5.26. The number of halogens is 2. The Kier molecular flexibility index (Phi) is 2.46. The van der Waals surface area contributed by atoms with Crippen molar-refractivity contribution in [3.8, 4) is 0 Å². The van der Waals surface area contributed by atoms with Crippen LogP contribution in [-0.4, -0.2) is 0 Å². The lowest BCUT2D eigenvalue weighted by Crippen LogP contribution is -1.97. The minimum absolute atomic E-state index is 0.0272. The number of hydrogen-bond acceptors (Lipinski definition) is 0. The second-order valence-electron chi connectivity index (χ2n) is 3.28. The fourth-order valence-corrected chi connectivity index (χ4v) is 1.17. The standard InChI is InChI=1S/C10H12F2/c1-6(2)9-5-8(11)4-7(3)10(9)12/h4-6H,1-3H3. The Bertz CT molecular complexity index is 290. The lowest BCUT2D eigenvalue weighted by molar-refractivity contribution is 0.567. The molecule has 0 nitrogen and oxygen atoms in total. The van der Waals surface area contributed by atoms with Crippen LogP contribution >= 0.6 is 0 Å². The summed E-state index contributed by atoms with van der Waals surface area (Å²) >= 11 is 0. The van der Waals surface area contributed by atoms with Crippen molar-refractivity contribution in [2.45, 2.75) is 26.7 Å². The molecular formula is C10H12F2. The lowest BCUT2D eigenvalue weighted by Gasteiger charge is -2.08. The normalized spacial score (nSPS) is 10.8. The molecule has 66 valence electrons. The molecule has 1 aromatic carbocycles. The first-order valence-corrected chi connectivity index (χ1v) is 3.98. The molecule has 0 atom stereocenters. The molecule has 0 aromatic heterocycles. The van der Waals surface area contributed by atoms with Gasteiger partial charge in [-0.15, -0.1) is 0 Å². The number of benzene rings is 1. The van der Waals surface area contributed by atoms with Gasteiger partial charge in [0.25, 0.3) is 0 Å². The smallest absolute Gasteiger partial charge is 0.129 e. The predicted molar refractivity (Wildman–Crippen MR) is 45.2 cm³/mol. The van der Waals surface area contributed by atoms with Crippen molar-refractivity contribution >= 4 is 0 Å². The molecule has 2 heteroatoms. The summed E-state index contributed by atoms with van der Waals surface area (Å²) in [4.78, 5) is 0. The summed E-state index contributed by atoms with van der Waals surface area (Å²) in [5.74, 6) is -0.622. The van der Waals surface area contributed by atoms with E-state index in [0.29, 0.717) is 11.1 Å². The van der Waals surface area contributed by atoms with E-state index in [4.69, 9.17) is 0 Å². The van der Waals surface area contributed by atoms with Crippen molar-refractivity contribution in [3.63, 3.8) is 0 Å². The Labute approximate surface area is 71.2 Å². The lowest BCUT2D eigenvalue weighted by atomic mass is 10.0. The van der Waals surface area contributed by atoms with E-state index < -0.39 is 0 Å². The van der Waals surface area contributed by atoms with Crippen LogP contribution in [0.5, 0.6) is 0 Å². The van der Waals surface area contributed by atoms with Gasteiger partial charge in [0.2, 0.25) is 0 Å². The molecule has 0 spiro atoms. The van der Waals surface area contributed by atoms with Gasteiger partial charge in [0.1, 0.15) is 11.6 Å². The Morgan fingerprint density at radius 3 is 2.25 bits per heavy atom. The number of rotatable bonds is 1. The second kappa shape index (κ2) is 3.21.